The van der Waals surface area contributed by atoms with E-state index in [0.29, 0.717) is 38.9 Å². The SMILES string of the molecule is O=C(CN1CCCC(c2ccccc2)(c2ccccc2)C1=O)N1CCC(Oc2cccc(C(F)(F)F)c2)CC1. The number of ether oxygens (including phenoxy) is 1. The molecule has 0 aliphatic carbocycles. The molecule has 0 unspecified atom stereocenters. The van der Waals surface area contributed by atoms with Crippen LogP contribution in [0.2, 0.25) is 0 Å². The van der Waals surface area contributed by atoms with E-state index in [-0.39, 0.29) is 30.2 Å². The van der Waals surface area contributed by atoms with Crippen molar-refractivity contribution in [3.63, 3.8) is 0 Å². The third-order valence-corrected chi connectivity index (χ3v) is 7.75. The Bertz CT molecular complexity index is 1250. The van der Waals surface area contributed by atoms with Gasteiger partial charge in [-0.3, -0.25) is 9.59 Å². The number of hydrogen-bond donors (Lipinski definition) is 0. The number of halogens is 3. The van der Waals surface area contributed by atoms with E-state index < -0.39 is 17.2 Å². The molecule has 2 aliphatic heterocycles. The first kappa shape index (κ1) is 26.8. The third-order valence-electron chi connectivity index (χ3n) is 7.75. The average Bonchev–Trinajstić information content (AvgIpc) is 2.95. The number of alkyl halides is 3. The van der Waals surface area contributed by atoms with Gasteiger partial charge in [-0.05, 0) is 42.2 Å². The number of likely N-dealkylation sites (tertiary alicyclic amines) is 2. The summed E-state index contributed by atoms with van der Waals surface area (Å²) in [7, 11) is 0. The maximum Gasteiger partial charge on any atom is 0.416 e. The van der Waals surface area contributed by atoms with Crippen LogP contribution in [-0.4, -0.2) is 53.9 Å². The van der Waals surface area contributed by atoms with Crippen LogP contribution in [0.4, 0.5) is 13.2 Å². The fraction of sp³-hybridized carbons (Fsp3) is 0.355. The van der Waals surface area contributed by atoms with Gasteiger partial charge in [-0.2, -0.15) is 13.2 Å². The van der Waals surface area contributed by atoms with Crippen LogP contribution < -0.4 is 4.74 Å². The van der Waals surface area contributed by atoms with Gasteiger partial charge in [0, 0.05) is 32.5 Å². The maximum absolute atomic E-state index is 14.1. The first-order chi connectivity index (χ1) is 18.8. The first-order valence-electron chi connectivity index (χ1n) is 13.3. The fourth-order valence-electron chi connectivity index (χ4n) is 5.74. The minimum absolute atomic E-state index is 0.000593. The van der Waals surface area contributed by atoms with Gasteiger partial charge in [0.1, 0.15) is 11.9 Å². The van der Waals surface area contributed by atoms with Gasteiger partial charge in [0.05, 0.1) is 17.5 Å². The highest BCUT2D eigenvalue weighted by Gasteiger charge is 2.47. The highest BCUT2D eigenvalue weighted by atomic mass is 19.4. The molecule has 0 saturated carbocycles. The molecule has 0 atom stereocenters. The van der Waals surface area contributed by atoms with Crippen LogP contribution in [0.3, 0.4) is 0 Å². The smallest absolute Gasteiger partial charge is 0.416 e. The summed E-state index contributed by atoms with van der Waals surface area (Å²) < 4.78 is 44.9. The minimum atomic E-state index is -4.43. The van der Waals surface area contributed by atoms with Crippen LogP contribution in [0.5, 0.6) is 5.75 Å². The molecule has 0 radical (unpaired) electrons. The molecule has 2 aliphatic rings. The second-order valence-electron chi connectivity index (χ2n) is 10.2. The molecule has 39 heavy (non-hydrogen) atoms. The Kier molecular flexibility index (Phi) is 7.64. The van der Waals surface area contributed by atoms with Crippen LogP contribution in [0.1, 0.15) is 42.4 Å². The van der Waals surface area contributed by atoms with E-state index in [9.17, 15) is 22.8 Å². The number of carbonyl (C=O) groups excluding carboxylic acids is 2. The monoisotopic (exact) mass is 536 g/mol. The molecule has 2 amide bonds. The second-order valence-corrected chi connectivity index (χ2v) is 10.2. The number of hydrogen-bond acceptors (Lipinski definition) is 3. The number of nitrogens with zero attached hydrogens (tertiary/aromatic N) is 2. The van der Waals surface area contributed by atoms with Crippen LogP contribution in [0.15, 0.2) is 84.9 Å². The largest absolute Gasteiger partial charge is 0.490 e. The Balaban J connectivity index is 1.24. The van der Waals surface area contributed by atoms with E-state index in [1.807, 2.05) is 60.7 Å². The third kappa shape index (κ3) is 5.65. The molecule has 2 heterocycles. The summed E-state index contributed by atoms with van der Waals surface area (Å²) >= 11 is 0. The zero-order valence-corrected chi connectivity index (χ0v) is 21.6. The standard InChI is InChI=1S/C31H31F3N2O3/c32-31(33,34)25-13-7-14-27(21-25)39-26-15-19-35(20-16-26)28(37)22-36-18-8-17-30(29(36)38,23-9-3-1-4-10-23)24-11-5-2-6-12-24/h1-7,9-14,21,26H,8,15-20,22H2. The van der Waals surface area contributed by atoms with E-state index >= 15 is 0 Å². The van der Waals surface area contributed by atoms with Gasteiger partial charge in [-0.25, -0.2) is 0 Å². The summed E-state index contributed by atoms with van der Waals surface area (Å²) in [4.78, 5) is 30.8. The van der Waals surface area contributed by atoms with Crippen molar-refractivity contribution in [1.82, 2.24) is 9.80 Å². The van der Waals surface area contributed by atoms with Crippen LogP contribution in [-0.2, 0) is 21.2 Å². The Morgan fingerprint density at radius 2 is 1.49 bits per heavy atom. The van der Waals surface area contributed by atoms with Gasteiger partial charge < -0.3 is 14.5 Å². The molecule has 3 aromatic carbocycles. The molecule has 0 spiro atoms. The van der Waals surface area contributed by atoms with Gasteiger partial charge in [0.2, 0.25) is 11.8 Å². The van der Waals surface area contributed by atoms with Crippen molar-refractivity contribution >= 4 is 11.8 Å². The highest BCUT2D eigenvalue weighted by Crippen LogP contribution is 2.41. The lowest BCUT2D eigenvalue weighted by molar-refractivity contribution is -0.146. The molecule has 0 N–H and O–H groups in total. The van der Waals surface area contributed by atoms with Gasteiger partial charge in [0.25, 0.3) is 0 Å². The summed E-state index contributed by atoms with van der Waals surface area (Å²) in [6.07, 6.45) is -2.25. The Labute approximate surface area is 226 Å². The van der Waals surface area contributed by atoms with Crippen molar-refractivity contribution in [3.05, 3.63) is 102 Å². The summed E-state index contributed by atoms with van der Waals surface area (Å²) in [5.74, 6) is -0.0215. The van der Waals surface area contributed by atoms with Crippen LogP contribution in [0.25, 0.3) is 0 Å². The molecule has 8 heteroatoms. The molecule has 2 fully saturated rings. The van der Waals surface area contributed by atoms with Crippen molar-refractivity contribution in [1.29, 1.82) is 0 Å². The molecule has 5 nitrogen and oxygen atoms in total. The number of amides is 2. The predicted octanol–water partition coefficient (Wildman–Crippen LogP) is 5.68. The van der Waals surface area contributed by atoms with Crippen molar-refractivity contribution in [2.45, 2.75) is 43.4 Å². The van der Waals surface area contributed by atoms with E-state index in [4.69, 9.17) is 4.74 Å². The Hall–Kier alpha value is -3.81. The van der Waals surface area contributed by atoms with Crippen molar-refractivity contribution in [3.8, 4) is 5.75 Å². The number of piperidine rings is 2. The average molecular weight is 537 g/mol. The van der Waals surface area contributed by atoms with Gasteiger partial charge in [-0.1, -0.05) is 66.7 Å². The van der Waals surface area contributed by atoms with Crippen LogP contribution >= 0.6 is 0 Å². The van der Waals surface area contributed by atoms with Crippen LogP contribution in [0, 0.1) is 0 Å². The van der Waals surface area contributed by atoms with Crippen molar-refractivity contribution in [2.75, 3.05) is 26.2 Å². The Morgan fingerprint density at radius 3 is 2.08 bits per heavy atom. The number of benzene rings is 3. The summed E-state index contributed by atoms with van der Waals surface area (Å²) in [5.41, 5.74) is 0.255. The van der Waals surface area contributed by atoms with Gasteiger partial charge in [-0.15, -0.1) is 0 Å². The lowest BCUT2D eigenvalue weighted by Crippen LogP contribution is -2.55. The maximum atomic E-state index is 14.1. The molecule has 0 bridgehead atoms. The molecule has 3 aromatic rings. The number of carbonyl (C=O) groups is 2. The summed E-state index contributed by atoms with van der Waals surface area (Å²) in [5, 5.41) is 0. The zero-order chi connectivity index (χ0) is 27.5. The molecule has 2 saturated heterocycles. The van der Waals surface area contributed by atoms with E-state index in [1.165, 1.54) is 12.1 Å². The summed E-state index contributed by atoms with van der Waals surface area (Å²) in [6.45, 7) is 1.36. The molecule has 0 aromatic heterocycles. The predicted molar refractivity (Wildman–Crippen MR) is 141 cm³/mol. The van der Waals surface area contributed by atoms with Gasteiger partial charge in [0.15, 0.2) is 0 Å². The normalized spacial score (nSPS) is 18.2. The fourth-order valence-corrected chi connectivity index (χ4v) is 5.74. The molecule has 204 valence electrons. The Morgan fingerprint density at radius 1 is 0.872 bits per heavy atom. The van der Waals surface area contributed by atoms with E-state index in [0.717, 1.165) is 29.7 Å². The molecular formula is C31H31F3N2O3. The minimum Gasteiger partial charge on any atom is -0.490 e. The lowest BCUT2D eigenvalue weighted by atomic mass is 9.68. The lowest BCUT2D eigenvalue weighted by Gasteiger charge is -2.43. The second kappa shape index (κ2) is 11.1. The van der Waals surface area contributed by atoms with E-state index in [2.05, 4.69) is 0 Å². The number of rotatable bonds is 6. The summed E-state index contributed by atoms with van der Waals surface area (Å²) in [6, 6.07) is 24.4. The van der Waals surface area contributed by atoms with Crippen molar-refractivity contribution < 1.29 is 27.5 Å². The van der Waals surface area contributed by atoms with Gasteiger partial charge >= 0.3 is 6.18 Å². The quantitative estimate of drug-likeness (QED) is 0.407. The van der Waals surface area contributed by atoms with E-state index in [1.54, 1.807) is 9.80 Å². The van der Waals surface area contributed by atoms with Crippen molar-refractivity contribution in [2.24, 2.45) is 0 Å². The topological polar surface area (TPSA) is 49.9 Å². The first-order valence-corrected chi connectivity index (χ1v) is 13.3. The zero-order valence-electron chi connectivity index (χ0n) is 21.6. The molecule has 5 rings (SSSR count). The molecular weight excluding hydrogens is 505 g/mol. The highest BCUT2D eigenvalue weighted by molar-refractivity contribution is 5.95.